The molecule has 1 saturated carbocycles. The fourth-order valence-corrected chi connectivity index (χ4v) is 2.16. The van der Waals surface area contributed by atoms with Gasteiger partial charge < -0.3 is 9.47 Å². The van der Waals surface area contributed by atoms with E-state index >= 15 is 0 Å². The largest absolute Gasteiger partial charge is 0.508 e. The minimum absolute atomic E-state index is 0.00289. The van der Waals surface area contributed by atoms with E-state index in [1.807, 2.05) is 13.8 Å². The second-order valence-corrected chi connectivity index (χ2v) is 5.76. The van der Waals surface area contributed by atoms with Crippen molar-refractivity contribution >= 4 is 6.16 Å². The zero-order valence-corrected chi connectivity index (χ0v) is 13.2. The SMILES string of the molecule is CC(C)C(C)OC(=O)OCC1CC(ON(O)O)C(ON(O)O)C1. The molecule has 0 saturated heterocycles. The minimum atomic E-state index is -0.869. The summed E-state index contributed by atoms with van der Waals surface area (Å²) in [7, 11) is 0. The van der Waals surface area contributed by atoms with Crippen molar-refractivity contribution in [3.63, 3.8) is 0 Å². The molecule has 0 bridgehead atoms. The molecule has 1 aliphatic rings. The summed E-state index contributed by atoms with van der Waals surface area (Å²) in [5.41, 5.74) is 0. The number of ether oxygens (including phenoxy) is 2. The lowest BCUT2D eigenvalue weighted by molar-refractivity contribution is -0.535. The van der Waals surface area contributed by atoms with E-state index in [1.54, 1.807) is 6.92 Å². The molecule has 11 heteroatoms. The Labute approximate surface area is 133 Å². The van der Waals surface area contributed by atoms with Gasteiger partial charge >= 0.3 is 6.16 Å². The monoisotopic (exact) mass is 340 g/mol. The molecule has 11 nitrogen and oxygen atoms in total. The van der Waals surface area contributed by atoms with E-state index in [0.717, 1.165) is 0 Å². The van der Waals surface area contributed by atoms with E-state index in [2.05, 4.69) is 9.68 Å². The molecule has 0 aromatic carbocycles. The van der Waals surface area contributed by atoms with Crippen molar-refractivity contribution in [3.8, 4) is 0 Å². The molecule has 23 heavy (non-hydrogen) atoms. The Balaban J connectivity index is 2.44. The number of nitrogens with zero attached hydrogens (tertiary/aromatic N) is 2. The Morgan fingerprint density at radius 2 is 1.52 bits per heavy atom. The van der Waals surface area contributed by atoms with Crippen LogP contribution in [0.1, 0.15) is 33.6 Å². The van der Waals surface area contributed by atoms with Gasteiger partial charge in [0, 0.05) is 0 Å². The Hall–Kier alpha value is -1.05. The van der Waals surface area contributed by atoms with Crippen LogP contribution in [0, 0.1) is 11.8 Å². The van der Waals surface area contributed by atoms with Crippen molar-refractivity contribution < 1.29 is 44.8 Å². The van der Waals surface area contributed by atoms with Gasteiger partial charge in [-0.2, -0.15) is 0 Å². The highest BCUT2D eigenvalue weighted by Crippen LogP contribution is 2.31. The molecule has 3 atom stereocenters. The molecule has 3 unspecified atom stereocenters. The molecule has 0 aromatic heterocycles. The van der Waals surface area contributed by atoms with Crippen LogP contribution in [0.5, 0.6) is 0 Å². The van der Waals surface area contributed by atoms with E-state index in [4.69, 9.17) is 30.3 Å². The van der Waals surface area contributed by atoms with Gasteiger partial charge in [-0.05, 0) is 31.6 Å². The third kappa shape index (κ3) is 7.37. The van der Waals surface area contributed by atoms with Crippen molar-refractivity contribution in [1.29, 1.82) is 0 Å². The van der Waals surface area contributed by atoms with Gasteiger partial charge in [0.15, 0.2) is 0 Å². The molecular formula is C12H24N2O9. The van der Waals surface area contributed by atoms with Crippen molar-refractivity contribution in [1.82, 2.24) is 10.8 Å². The second kappa shape index (κ2) is 9.30. The summed E-state index contributed by atoms with van der Waals surface area (Å²) in [6.07, 6.45) is -2.35. The first-order valence-corrected chi connectivity index (χ1v) is 7.21. The van der Waals surface area contributed by atoms with Crippen molar-refractivity contribution in [3.05, 3.63) is 0 Å². The Morgan fingerprint density at radius 3 is 1.91 bits per heavy atom. The van der Waals surface area contributed by atoms with Gasteiger partial charge in [0.25, 0.3) is 0 Å². The van der Waals surface area contributed by atoms with Crippen LogP contribution >= 0.6 is 0 Å². The molecule has 0 aliphatic heterocycles. The number of hydrogen-bond acceptors (Lipinski definition) is 11. The first-order chi connectivity index (χ1) is 10.7. The van der Waals surface area contributed by atoms with Gasteiger partial charge in [-0.15, -0.1) is 0 Å². The van der Waals surface area contributed by atoms with Crippen LogP contribution in [0.15, 0.2) is 0 Å². The Kier molecular flexibility index (Phi) is 8.08. The maximum absolute atomic E-state index is 11.5. The van der Waals surface area contributed by atoms with Gasteiger partial charge in [-0.3, -0.25) is 20.8 Å². The van der Waals surface area contributed by atoms with Crippen LogP contribution in [-0.2, 0) is 19.1 Å². The fraction of sp³-hybridized carbons (Fsp3) is 0.917. The lowest BCUT2D eigenvalue weighted by Crippen LogP contribution is -2.35. The normalized spacial score (nSPS) is 26.1. The van der Waals surface area contributed by atoms with Gasteiger partial charge in [0.05, 0.1) is 17.4 Å². The first-order valence-electron chi connectivity index (χ1n) is 7.21. The van der Waals surface area contributed by atoms with E-state index in [0.29, 0.717) is 0 Å². The first kappa shape index (κ1) is 20.0. The second-order valence-electron chi connectivity index (χ2n) is 5.76. The van der Waals surface area contributed by atoms with E-state index in [-0.39, 0.29) is 37.4 Å². The van der Waals surface area contributed by atoms with Crippen LogP contribution < -0.4 is 0 Å². The summed E-state index contributed by atoms with van der Waals surface area (Å²) < 4.78 is 10.1. The number of hydrogen-bond donors (Lipinski definition) is 4. The van der Waals surface area contributed by atoms with E-state index in [9.17, 15) is 4.79 Å². The quantitative estimate of drug-likeness (QED) is 0.376. The predicted octanol–water partition coefficient (Wildman–Crippen LogP) is 1.36. The molecular weight excluding hydrogens is 316 g/mol. The molecule has 136 valence electrons. The highest BCUT2D eigenvalue weighted by molar-refractivity contribution is 5.60. The van der Waals surface area contributed by atoms with Crippen molar-refractivity contribution in [2.75, 3.05) is 6.61 Å². The predicted molar refractivity (Wildman–Crippen MR) is 70.0 cm³/mol. The summed E-state index contributed by atoms with van der Waals surface area (Å²) in [6.45, 7) is 5.56. The lowest BCUT2D eigenvalue weighted by atomic mass is 10.1. The lowest BCUT2D eigenvalue weighted by Gasteiger charge is -2.20. The van der Waals surface area contributed by atoms with E-state index in [1.165, 1.54) is 0 Å². The van der Waals surface area contributed by atoms with Gasteiger partial charge in [-0.1, -0.05) is 13.8 Å². The minimum Gasteiger partial charge on any atom is -0.434 e. The standard InChI is InChI=1S/C12H24N2O9/c1-7(2)8(3)21-12(15)20-6-9-4-10(22-13(16)17)11(5-9)23-14(18)19/h7-11,16-19H,4-6H2,1-3H3. The zero-order chi connectivity index (χ0) is 17.6. The number of carbonyl (C=O) groups is 1. The molecule has 1 rings (SSSR count). The molecule has 1 fully saturated rings. The molecule has 1 aliphatic carbocycles. The molecule has 4 N–H and O–H groups in total. The molecule has 0 spiro atoms. The summed E-state index contributed by atoms with van der Waals surface area (Å²) in [4.78, 5) is 20.9. The molecule has 0 amide bonds. The van der Waals surface area contributed by atoms with Crippen LogP contribution in [0.4, 0.5) is 4.79 Å². The average Bonchev–Trinajstić information content (AvgIpc) is 2.76. The van der Waals surface area contributed by atoms with Crippen LogP contribution in [0.2, 0.25) is 0 Å². The third-order valence-corrected chi connectivity index (χ3v) is 3.66. The highest BCUT2D eigenvalue weighted by Gasteiger charge is 2.39. The molecule has 0 radical (unpaired) electrons. The van der Waals surface area contributed by atoms with Gasteiger partial charge in [-0.25, -0.2) is 14.5 Å². The highest BCUT2D eigenvalue weighted by atomic mass is 17.1. The van der Waals surface area contributed by atoms with Crippen LogP contribution in [-0.4, -0.2) is 62.7 Å². The number of rotatable bonds is 8. The molecule has 0 aromatic rings. The van der Waals surface area contributed by atoms with E-state index < -0.39 is 29.1 Å². The Bertz CT molecular complexity index is 348. The maximum atomic E-state index is 11.5. The van der Waals surface area contributed by atoms with Gasteiger partial charge in [0.2, 0.25) is 0 Å². The summed E-state index contributed by atoms with van der Waals surface area (Å²) >= 11 is 0. The molecule has 0 heterocycles. The Morgan fingerprint density at radius 1 is 1.04 bits per heavy atom. The van der Waals surface area contributed by atoms with Crippen LogP contribution in [0.3, 0.4) is 0 Å². The fourth-order valence-electron chi connectivity index (χ4n) is 2.16. The van der Waals surface area contributed by atoms with Gasteiger partial charge in [0.1, 0.15) is 18.3 Å². The third-order valence-electron chi connectivity index (χ3n) is 3.66. The zero-order valence-electron chi connectivity index (χ0n) is 13.2. The summed E-state index contributed by atoms with van der Waals surface area (Å²) in [5, 5.41) is 33.8. The van der Waals surface area contributed by atoms with Crippen molar-refractivity contribution in [2.45, 2.75) is 51.9 Å². The summed E-state index contributed by atoms with van der Waals surface area (Å²) in [5.74, 6) is -0.0865. The number of carbonyl (C=O) groups excluding carboxylic acids is 1. The topological polar surface area (TPSA) is 141 Å². The smallest absolute Gasteiger partial charge is 0.434 e. The van der Waals surface area contributed by atoms with Crippen molar-refractivity contribution in [2.24, 2.45) is 11.8 Å². The maximum Gasteiger partial charge on any atom is 0.508 e. The summed E-state index contributed by atoms with van der Waals surface area (Å²) in [6, 6.07) is 0. The van der Waals surface area contributed by atoms with Crippen LogP contribution in [0.25, 0.3) is 0 Å². The average molecular weight is 340 g/mol.